The molecule has 2 aromatic carbocycles. The van der Waals surface area contributed by atoms with E-state index >= 15 is 0 Å². The molecule has 0 saturated carbocycles. The molecule has 0 radical (unpaired) electrons. The van der Waals surface area contributed by atoms with E-state index in [4.69, 9.17) is 9.47 Å². The number of ether oxygens (including phenoxy) is 2. The molecule has 0 amide bonds. The highest BCUT2D eigenvalue weighted by molar-refractivity contribution is 5.45. The van der Waals surface area contributed by atoms with Crippen molar-refractivity contribution >= 4 is 0 Å². The van der Waals surface area contributed by atoms with Crippen molar-refractivity contribution in [2.45, 2.75) is 38.8 Å². The molecular formula is C20H25NO2. The molecule has 0 N–H and O–H groups in total. The number of fused-ring (bicyclic) bond motifs is 1. The summed E-state index contributed by atoms with van der Waals surface area (Å²) in [7, 11) is 2.20. The number of benzene rings is 2. The van der Waals surface area contributed by atoms with E-state index < -0.39 is 0 Å². The molecule has 122 valence electrons. The van der Waals surface area contributed by atoms with Crippen LogP contribution < -0.4 is 9.47 Å². The van der Waals surface area contributed by atoms with Gasteiger partial charge in [-0.25, -0.2) is 0 Å². The van der Waals surface area contributed by atoms with Crippen LogP contribution in [-0.4, -0.2) is 24.8 Å². The van der Waals surface area contributed by atoms with Gasteiger partial charge in [0.2, 0.25) is 6.79 Å². The third kappa shape index (κ3) is 3.50. The van der Waals surface area contributed by atoms with Crippen molar-refractivity contribution in [2.75, 3.05) is 13.8 Å². The van der Waals surface area contributed by atoms with Crippen molar-refractivity contribution in [3.05, 3.63) is 59.7 Å². The zero-order valence-electron chi connectivity index (χ0n) is 14.2. The third-order valence-electron chi connectivity index (χ3n) is 4.82. The van der Waals surface area contributed by atoms with Crippen LogP contribution in [0.1, 0.15) is 37.3 Å². The molecule has 2 aromatic rings. The second kappa shape index (κ2) is 7.05. The molecule has 0 bridgehead atoms. The SMILES string of the molecule is CC[C@H](c1ccc2c(c1)OCO2)[C@H](C)N(C)Cc1ccccc1. The average molecular weight is 311 g/mol. The summed E-state index contributed by atoms with van der Waals surface area (Å²) in [5.41, 5.74) is 2.67. The van der Waals surface area contributed by atoms with E-state index in [0.29, 0.717) is 18.8 Å². The predicted octanol–water partition coefficient (Wildman–Crippen LogP) is 4.43. The van der Waals surface area contributed by atoms with Gasteiger partial charge in [0.05, 0.1) is 0 Å². The van der Waals surface area contributed by atoms with Crippen molar-refractivity contribution < 1.29 is 9.47 Å². The maximum Gasteiger partial charge on any atom is 0.231 e. The van der Waals surface area contributed by atoms with Crippen molar-refractivity contribution in [2.24, 2.45) is 0 Å². The van der Waals surface area contributed by atoms with Crippen molar-refractivity contribution in [1.29, 1.82) is 0 Å². The third-order valence-corrected chi connectivity index (χ3v) is 4.82. The van der Waals surface area contributed by atoms with E-state index in [9.17, 15) is 0 Å². The van der Waals surface area contributed by atoms with Gasteiger partial charge >= 0.3 is 0 Å². The van der Waals surface area contributed by atoms with E-state index in [1.165, 1.54) is 11.1 Å². The average Bonchev–Trinajstić information content (AvgIpc) is 3.04. The molecule has 3 nitrogen and oxygen atoms in total. The molecule has 0 fully saturated rings. The Morgan fingerprint density at radius 3 is 2.52 bits per heavy atom. The molecule has 3 heteroatoms. The zero-order chi connectivity index (χ0) is 16.2. The Labute approximate surface area is 138 Å². The molecule has 0 unspecified atom stereocenters. The zero-order valence-corrected chi connectivity index (χ0v) is 14.2. The molecule has 1 aliphatic heterocycles. The first-order valence-corrected chi connectivity index (χ1v) is 8.32. The first kappa shape index (κ1) is 15.9. The van der Waals surface area contributed by atoms with Crippen molar-refractivity contribution in [3.8, 4) is 11.5 Å². The predicted molar refractivity (Wildman–Crippen MR) is 93.0 cm³/mol. The lowest BCUT2D eigenvalue weighted by atomic mass is 9.89. The molecule has 3 rings (SSSR count). The highest BCUT2D eigenvalue weighted by Gasteiger charge is 2.24. The largest absolute Gasteiger partial charge is 0.454 e. The summed E-state index contributed by atoms with van der Waals surface area (Å²) in [6.07, 6.45) is 1.10. The van der Waals surface area contributed by atoms with Gasteiger partial charge in [-0.3, -0.25) is 4.90 Å². The number of nitrogens with zero attached hydrogens (tertiary/aromatic N) is 1. The smallest absolute Gasteiger partial charge is 0.231 e. The van der Waals surface area contributed by atoms with Crippen LogP contribution in [0.5, 0.6) is 11.5 Å². The van der Waals surface area contributed by atoms with Gasteiger partial charge in [0.25, 0.3) is 0 Å². The molecule has 0 aromatic heterocycles. The number of rotatable bonds is 6. The van der Waals surface area contributed by atoms with Crippen LogP contribution in [0.2, 0.25) is 0 Å². The second-order valence-corrected chi connectivity index (χ2v) is 6.27. The standard InChI is InChI=1S/C20H25NO2/c1-4-18(17-10-11-19-20(12-17)23-14-22-19)15(2)21(3)13-16-8-6-5-7-9-16/h5-12,15,18H,4,13-14H2,1-3H3/t15-,18-/m0/s1. The van der Waals surface area contributed by atoms with Gasteiger partial charge in [-0.1, -0.05) is 43.3 Å². The van der Waals surface area contributed by atoms with Crippen LogP contribution in [0.3, 0.4) is 0 Å². The minimum Gasteiger partial charge on any atom is -0.454 e. The first-order chi connectivity index (χ1) is 11.2. The fourth-order valence-electron chi connectivity index (χ4n) is 3.32. The lowest BCUT2D eigenvalue weighted by molar-refractivity contribution is 0.174. The number of likely N-dealkylation sites (N-methyl/N-ethyl adjacent to an activating group) is 1. The van der Waals surface area contributed by atoms with Crippen molar-refractivity contribution in [1.82, 2.24) is 4.90 Å². The minimum atomic E-state index is 0.332. The Bertz CT molecular complexity index is 641. The van der Waals surface area contributed by atoms with Gasteiger partial charge in [0, 0.05) is 12.6 Å². The van der Waals surface area contributed by atoms with Crippen LogP contribution >= 0.6 is 0 Å². The molecule has 0 spiro atoms. The normalized spacial score (nSPS) is 15.7. The van der Waals surface area contributed by atoms with E-state index in [-0.39, 0.29) is 0 Å². The van der Waals surface area contributed by atoms with Gasteiger partial charge in [0.1, 0.15) is 0 Å². The van der Waals surface area contributed by atoms with Gasteiger partial charge in [-0.15, -0.1) is 0 Å². The maximum atomic E-state index is 5.53. The molecule has 0 aliphatic carbocycles. The van der Waals surface area contributed by atoms with E-state index in [2.05, 4.69) is 68.3 Å². The Kier molecular flexibility index (Phi) is 4.87. The van der Waals surface area contributed by atoms with Crippen LogP contribution in [-0.2, 0) is 6.54 Å². The molecule has 2 atom stereocenters. The van der Waals surface area contributed by atoms with Crippen molar-refractivity contribution in [3.63, 3.8) is 0 Å². The summed E-state index contributed by atoms with van der Waals surface area (Å²) in [6, 6.07) is 17.4. The molecular weight excluding hydrogens is 286 g/mol. The molecule has 1 aliphatic rings. The summed E-state index contributed by atoms with van der Waals surface area (Å²) in [5.74, 6) is 2.20. The first-order valence-electron chi connectivity index (χ1n) is 8.32. The van der Waals surface area contributed by atoms with Crippen LogP contribution in [0, 0.1) is 0 Å². The van der Waals surface area contributed by atoms with E-state index in [0.717, 1.165) is 24.5 Å². The maximum absolute atomic E-state index is 5.53. The highest BCUT2D eigenvalue weighted by atomic mass is 16.7. The monoisotopic (exact) mass is 311 g/mol. The van der Waals surface area contributed by atoms with Gasteiger partial charge in [-0.05, 0) is 49.6 Å². The highest BCUT2D eigenvalue weighted by Crippen LogP contribution is 2.37. The Morgan fingerprint density at radius 1 is 1.04 bits per heavy atom. The summed E-state index contributed by atoms with van der Waals surface area (Å²) >= 11 is 0. The Hall–Kier alpha value is -2.00. The summed E-state index contributed by atoms with van der Waals surface area (Å²) < 4.78 is 11.0. The number of hydrogen-bond donors (Lipinski definition) is 0. The van der Waals surface area contributed by atoms with Gasteiger partial charge in [-0.2, -0.15) is 0 Å². The van der Waals surface area contributed by atoms with Gasteiger partial charge < -0.3 is 9.47 Å². The van der Waals surface area contributed by atoms with E-state index in [1.807, 2.05) is 6.07 Å². The Balaban J connectivity index is 1.74. The summed E-state index contributed by atoms with van der Waals surface area (Å²) in [5, 5.41) is 0. The second-order valence-electron chi connectivity index (χ2n) is 6.27. The quantitative estimate of drug-likeness (QED) is 0.788. The number of hydrogen-bond acceptors (Lipinski definition) is 3. The lowest BCUT2D eigenvalue weighted by Crippen LogP contribution is -2.33. The fraction of sp³-hybridized carbons (Fsp3) is 0.400. The Morgan fingerprint density at radius 2 is 1.78 bits per heavy atom. The molecule has 0 saturated heterocycles. The minimum absolute atomic E-state index is 0.332. The van der Waals surface area contributed by atoms with Gasteiger partial charge in [0.15, 0.2) is 11.5 Å². The van der Waals surface area contributed by atoms with E-state index in [1.54, 1.807) is 0 Å². The van der Waals surface area contributed by atoms with Crippen LogP contribution in [0.4, 0.5) is 0 Å². The lowest BCUT2D eigenvalue weighted by Gasteiger charge is -2.32. The molecule has 1 heterocycles. The summed E-state index contributed by atoms with van der Waals surface area (Å²) in [6.45, 7) is 5.85. The van der Waals surface area contributed by atoms with Crippen LogP contribution in [0.25, 0.3) is 0 Å². The summed E-state index contributed by atoms with van der Waals surface area (Å²) in [4.78, 5) is 2.42. The molecule has 23 heavy (non-hydrogen) atoms. The fourth-order valence-corrected chi connectivity index (χ4v) is 3.32. The topological polar surface area (TPSA) is 21.7 Å². The van der Waals surface area contributed by atoms with Crippen LogP contribution in [0.15, 0.2) is 48.5 Å².